The molecule has 178 valence electrons. The number of nitrogens with zero attached hydrogens (tertiary/aromatic N) is 1. The van der Waals surface area contributed by atoms with Crippen LogP contribution in [0.25, 0.3) is 0 Å². The average Bonchev–Trinajstić information content (AvgIpc) is 2.84. The Labute approximate surface area is 191 Å². The van der Waals surface area contributed by atoms with Gasteiger partial charge in [0.25, 0.3) is 5.91 Å². The van der Waals surface area contributed by atoms with Crippen LogP contribution in [0.4, 0.5) is 10.1 Å². The number of amides is 1. The largest absolute Gasteiger partial charge is 0.496 e. The number of halogens is 1. The van der Waals surface area contributed by atoms with E-state index < -0.39 is 17.8 Å². The zero-order valence-corrected chi connectivity index (χ0v) is 18.9. The first kappa shape index (κ1) is 24.5. The first-order chi connectivity index (χ1) is 15.9. The standard InChI is InChI=1S/C23H28FN3O6/c1-31-20-11-16(27-8-6-14(7-9-27)23(32-2)33-3)10-17(24)21(20)22(30)26-18-5-4-15(12-28)25-19(18)13-29/h10-11,14,18,23,25H,4-9H2,1-3H3,(H,26,30)/t18-/m0/s1. The molecule has 0 aliphatic carbocycles. The maximum absolute atomic E-state index is 15.1. The highest BCUT2D eigenvalue weighted by molar-refractivity contribution is 5.98. The van der Waals surface area contributed by atoms with Gasteiger partial charge in [0, 0.05) is 51.4 Å². The van der Waals surface area contributed by atoms with Gasteiger partial charge in [0.1, 0.15) is 40.4 Å². The summed E-state index contributed by atoms with van der Waals surface area (Å²) >= 11 is 0. The van der Waals surface area contributed by atoms with Gasteiger partial charge in [0.05, 0.1) is 13.2 Å². The molecule has 1 atom stereocenters. The predicted octanol–water partition coefficient (Wildman–Crippen LogP) is 1.58. The van der Waals surface area contributed by atoms with E-state index in [-0.39, 0.29) is 41.3 Å². The lowest BCUT2D eigenvalue weighted by Crippen LogP contribution is -2.44. The molecule has 0 unspecified atom stereocenters. The van der Waals surface area contributed by atoms with Gasteiger partial charge in [0.2, 0.25) is 0 Å². The zero-order valence-electron chi connectivity index (χ0n) is 18.9. The number of hydrogen-bond donors (Lipinski definition) is 2. The monoisotopic (exact) mass is 461 g/mol. The van der Waals surface area contributed by atoms with Crippen LogP contribution in [-0.4, -0.2) is 64.5 Å². The number of nitrogens with one attached hydrogen (secondary N) is 2. The van der Waals surface area contributed by atoms with Crippen molar-refractivity contribution >= 4 is 23.5 Å². The lowest BCUT2D eigenvalue weighted by atomic mass is 9.95. The second-order valence-corrected chi connectivity index (χ2v) is 7.96. The molecule has 0 aromatic heterocycles. The molecule has 2 fully saturated rings. The van der Waals surface area contributed by atoms with Crippen molar-refractivity contribution in [2.24, 2.45) is 5.92 Å². The van der Waals surface area contributed by atoms with E-state index in [1.165, 1.54) is 13.2 Å². The van der Waals surface area contributed by atoms with E-state index in [1.807, 2.05) is 4.90 Å². The number of rotatable bonds is 7. The number of methoxy groups -OCH3 is 3. The van der Waals surface area contributed by atoms with E-state index in [2.05, 4.69) is 10.6 Å². The first-order valence-electron chi connectivity index (χ1n) is 10.7. The minimum atomic E-state index is -0.732. The van der Waals surface area contributed by atoms with Crippen molar-refractivity contribution in [3.05, 3.63) is 34.9 Å². The number of anilines is 1. The fraction of sp³-hybridized carbons (Fsp3) is 0.522. The number of ether oxygens (including phenoxy) is 3. The number of hydrogen-bond acceptors (Lipinski definition) is 8. The molecule has 33 heavy (non-hydrogen) atoms. The number of allylic oxidation sites excluding steroid dienone is 1. The van der Waals surface area contributed by atoms with Crippen molar-refractivity contribution in [2.75, 3.05) is 39.3 Å². The quantitative estimate of drug-likeness (QED) is 0.466. The topological polar surface area (TPSA) is 106 Å². The maximum Gasteiger partial charge on any atom is 0.258 e. The number of piperidine rings is 2. The van der Waals surface area contributed by atoms with E-state index >= 15 is 4.39 Å². The highest BCUT2D eigenvalue weighted by Gasteiger charge is 2.30. The molecular weight excluding hydrogens is 433 g/mol. The first-order valence-corrected chi connectivity index (χ1v) is 10.7. The highest BCUT2D eigenvalue weighted by atomic mass is 19.1. The van der Waals surface area contributed by atoms with E-state index in [9.17, 15) is 14.4 Å². The summed E-state index contributed by atoms with van der Waals surface area (Å²) in [6.45, 7) is 1.35. The summed E-state index contributed by atoms with van der Waals surface area (Å²) in [4.78, 5) is 36.9. The Hall–Kier alpha value is -3.16. The van der Waals surface area contributed by atoms with Crippen LogP contribution in [-0.2, 0) is 19.1 Å². The van der Waals surface area contributed by atoms with Gasteiger partial charge in [0.15, 0.2) is 6.29 Å². The van der Waals surface area contributed by atoms with Crippen molar-refractivity contribution in [1.82, 2.24) is 10.6 Å². The smallest absolute Gasteiger partial charge is 0.258 e. The minimum absolute atomic E-state index is 0.00256. The van der Waals surface area contributed by atoms with Gasteiger partial charge >= 0.3 is 0 Å². The van der Waals surface area contributed by atoms with Gasteiger partial charge in [-0.2, -0.15) is 0 Å². The molecule has 2 heterocycles. The van der Waals surface area contributed by atoms with Gasteiger partial charge in [-0.25, -0.2) is 14.0 Å². The Morgan fingerprint density at radius 3 is 2.42 bits per heavy atom. The maximum atomic E-state index is 15.1. The van der Waals surface area contributed by atoms with E-state index in [0.717, 1.165) is 12.8 Å². The molecule has 3 rings (SSSR count). The second kappa shape index (κ2) is 11.1. The molecule has 0 radical (unpaired) electrons. The van der Waals surface area contributed by atoms with Crippen molar-refractivity contribution < 1.29 is 33.0 Å². The predicted molar refractivity (Wildman–Crippen MR) is 118 cm³/mol. The van der Waals surface area contributed by atoms with Gasteiger partial charge in [-0.3, -0.25) is 4.79 Å². The molecule has 2 aliphatic heterocycles. The molecule has 2 N–H and O–H groups in total. The molecule has 0 spiro atoms. The number of benzene rings is 1. The Balaban J connectivity index is 1.75. The van der Waals surface area contributed by atoms with Crippen LogP contribution in [0.5, 0.6) is 5.75 Å². The number of carbonyl (C=O) groups is 1. The zero-order chi connectivity index (χ0) is 24.0. The summed E-state index contributed by atoms with van der Waals surface area (Å²) in [6.07, 6.45) is 1.93. The molecule has 9 nitrogen and oxygen atoms in total. The van der Waals surface area contributed by atoms with Crippen molar-refractivity contribution in [3.8, 4) is 5.75 Å². The van der Waals surface area contributed by atoms with E-state index in [0.29, 0.717) is 25.2 Å². The molecule has 10 heteroatoms. The summed E-state index contributed by atoms with van der Waals surface area (Å²) in [5.74, 6) is 2.25. The van der Waals surface area contributed by atoms with Crippen LogP contribution in [0.3, 0.4) is 0 Å². The second-order valence-electron chi connectivity index (χ2n) is 7.96. The van der Waals surface area contributed by atoms with Crippen molar-refractivity contribution in [1.29, 1.82) is 0 Å². The summed E-state index contributed by atoms with van der Waals surface area (Å²) < 4.78 is 31.1. The summed E-state index contributed by atoms with van der Waals surface area (Å²) in [6, 6.07) is 2.21. The molecular formula is C23H28FN3O6. The van der Waals surface area contributed by atoms with Gasteiger partial charge in [-0.15, -0.1) is 0 Å². The van der Waals surface area contributed by atoms with Gasteiger partial charge in [-0.1, -0.05) is 0 Å². The Kier molecular flexibility index (Phi) is 8.25. The van der Waals surface area contributed by atoms with Crippen LogP contribution < -0.4 is 20.3 Å². The Morgan fingerprint density at radius 1 is 1.15 bits per heavy atom. The van der Waals surface area contributed by atoms with Crippen LogP contribution in [0.15, 0.2) is 23.5 Å². The molecule has 1 aromatic rings. The third kappa shape index (κ3) is 5.43. The normalized spacial score (nSPS) is 19.1. The van der Waals surface area contributed by atoms with Crippen LogP contribution >= 0.6 is 0 Å². The summed E-state index contributed by atoms with van der Waals surface area (Å²) in [7, 11) is 4.59. The average molecular weight is 461 g/mol. The molecule has 0 saturated carbocycles. The molecule has 2 saturated heterocycles. The van der Waals surface area contributed by atoms with Crippen LogP contribution in [0.1, 0.15) is 36.0 Å². The molecule has 1 amide bonds. The fourth-order valence-electron chi connectivity index (χ4n) is 4.34. The summed E-state index contributed by atoms with van der Waals surface area (Å²) in [5, 5.41) is 5.22. The Morgan fingerprint density at radius 2 is 1.85 bits per heavy atom. The molecule has 2 aliphatic rings. The third-order valence-electron chi connectivity index (χ3n) is 6.10. The minimum Gasteiger partial charge on any atom is -0.496 e. The van der Waals surface area contributed by atoms with Gasteiger partial charge in [-0.05, 0) is 25.3 Å². The third-order valence-corrected chi connectivity index (χ3v) is 6.10. The van der Waals surface area contributed by atoms with E-state index in [4.69, 9.17) is 14.2 Å². The molecule has 0 bridgehead atoms. The van der Waals surface area contributed by atoms with Crippen LogP contribution in [0, 0.1) is 11.7 Å². The fourth-order valence-corrected chi connectivity index (χ4v) is 4.34. The lowest BCUT2D eigenvalue weighted by Gasteiger charge is -2.36. The Bertz CT molecular complexity index is 975. The van der Waals surface area contributed by atoms with Crippen molar-refractivity contribution in [3.63, 3.8) is 0 Å². The van der Waals surface area contributed by atoms with E-state index in [1.54, 1.807) is 32.2 Å². The highest BCUT2D eigenvalue weighted by Crippen LogP contribution is 2.32. The van der Waals surface area contributed by atoms with Gasteiger partial charge < -0.3 is 29.7 Å². The number of carbonyl (C=O) groups excluding carboxylic acids is 3. The SMILES string of the molecule is COc1cc(N2CCC(C(OC)OC)CC2)cc(F)c1C(=O)N[C@H]1CCC(=C=O)NC1=C=O. The van der Waals surface area contributed by atoms with Crippen molar-refractivity contribution in [2.45, 2.75) is 38.0 Å². The molecule has 1 aromatic carbocycles. The lowest BCUT2D eigenvalue weighted by molar-refractivity contribution is -0.141. The van der Waals surface area contributed by atoms with Crippen LogP contribution in [0.2, 0.25) is 0 Å². The summed E-state index contributed by atoms with van der Waals surface area (Å²) in [5.41, 5.74) is 0.562.